The third-order valence-electron chi connectivity index (χ3n) is 5.59. The van der Waals surface area contributed by atoms with Gasteiger partial charge in [-0.1, -0.05) is 38.0 Å². The van der Waals surface area contributed by atoms with Crippen LogP contribution in [0.5, 0.6) is 5.75 Å². The van der Waals surface area contributed by atoms with Crippen molar-refractivity contribution in [3.05, 3.63) is 74.6 Å². The average molecular weight is 391 g/mol. The predicted octanol–water partition coefficient (Wildman–Crippen LogP) is 4.85. The standard InChI is InChI=1S/C24H25NO4/c1-4-5-6-10-25-20(16-8-7-9-17(26)13-16)19-21(27)18-12-14(2)11-15(3)22(18)29-23(19)24(25)28/h7-9,11-13,20,26H,4-6,10H2,1-3H3. The number of aryl methyl sites for hydroxylation is 2. The Morgan fingerprint density at radius 3 is 2.62 bits per heavy atom. The molecule has 150 valence electrons. The lowest BCUT2D eigenvalue weighted by Gasteiger charge is -2.25. The highest BCUT2D eigenvalue weighted by molar-refractivity contribution is 5.99. The largest absolute Gasteiger partial charge is 0.508 e. The molecule has 0 aliphatic carbocycles. The molecule has 3 aromatic rings. The Balaban J connectivity index is 1.96. The molecule has 4 rings (SSSR count). The van der Waals surface area contributed by atoms with E-state index in [1.54, 1.807) is 23.1 Å². The van der Waals surface area contributed by atoms with Gasteiger partial charge in [-0.15, -0.1) is 0 Å². The first-order valence-corrected chi connectivity index (χ1v) is 10.1. The van der Waals surface area contributed by atoms with Crippen LogP contribution in [-0.2, 0) is 0 Å². The number of unbranched alkanes of at least 4 members (excludes halogenated alkanes) is 2. The lowest BCUT2D eigenvalue weighted by molar-refractivity contribution is 0.0724. The second-order valence-corrected chi connectivity index (χ2v) is 7.84. The molecule has 1 unspecified atom stereocenters. The van der Waals surface area contributed by atoms with Crippen LogP contribution in [0.3, 0.4) is 0 Å². The molecule has 0 bridgehead atoms. The fourth-order valence-corrected chi connectivity index (χ4v) is 4.28. The van der Waals surface area contributed by atoms with Crippen molar-refractivity contribution < 1.29 is 14.3 Å². The van der Waals surface area contributed by atoms with Crippen molar-refractivity contribution in [1.29, 1.82) is 0 Å². The van der Waals surface area contributed by atoms with Crippen LogP contribution in [0.2, 0.25) is 0 Å². The van der Waals surface area contributed by atoms with Crippen LogP contribution < -0.4 is 5.43 Å². The maximum atomic E-state index is 13.5. The summed E-state index contributed by atoms with van der Waals surface area (Å²) in [5.41, 5.74) is 3.19. The van der Waals surface area contributed by atoms with Crippen molar-refractivity contribution >= 4 is 16.9 Å². The number of phenols is 1. The maximum absolute atomic E-state index is 13.5. The highest BCUT2D eigenvalue weighted by atomic mass is 16.3. The van der Waals surface area contributed by atoms with Crippen molar-refractivity contribution in [2.45, 2.75) is 46.1 Å². The lowest BCUT2D eigenvalue weighted by atomic mass is 9.97. The van der Waals surface area contributed by atoms with Crippen molar-refractivity contribution in [2.24, 2.45) is 0 Å². The normalized spacial score (nSPS) is 15.9. The second-order valence-electron chi connectivity index (χ2n) is 7.84. The molecule has 1 aliphatic heterocycles. The molecule has 1 aromatic heterocycles. The molecule has 0 saturated carbocycles. The predicted molar refractivity (Wildman–Crippen MR) is 112 cm³/mol. The summed E-state index contributed by atoms with van der Waals surface area (Å²) >= 11 is 0. The van der Waals surface area contributed by atoms with Crippen LogP contribution in [0.4, 0.5) is 0 Å². The van der Waals surface area contributed by atoms with Crippen LogP contribution in [0, 0.1) is 13.8 Å². The summed E-state index contributed by atoms with van der Waals surface area (Å²) < 4.78 is 6.05. The summed E-state index contributed by atoms with van der Waals surface area (Å²) in [5, 5.41) is 10.5. The molecular formula is C24H25NO4. The molecule has 2 heterocycles. The summed E-state index contributed by atoms with van der Waals surface area (Å²) in [6.45, 7) is 6.46. The minimum Gasteiger partial charge on any atom is -0.508 e. The fourth-order valence-electron chi connectivity index (χ4n) is 4.28. The number of aromatic hydroxyl groups is 1. The first-order valence-electron chi connectivity index (χ1n) is 10.1. The van der Waals surface area contributed by atoms with Crippen LogP contribution >= 0.6 is 0 Å². The van der Waals surface area contributed by atoms with Crippen molar-refractivity contribution in [2.75, 3.05) is 6.54 Å². The third-order valence-corrected chi connectivity index (χ3v) is 5.59. The van der Waals surface area contributed by atoms with E-state index in [0.29, 0.717) is 28.6 Å². The van der Waals surface area contributed by atoms with Gasteiger partial charge in [0.15, 0.2) is 5.43 Å². The molecule has 1 amide bonds. The van der Waals surface area contributed by atoms with Gasteiger partial charge in [0, 0.05) is 6.54 Å². The zero-order valence-corrected chi connectivity index (χ0v) is 17.0. The van der Waals surface area contributed by atoms with Gasteiger partial charge < -0.3 is 14.4 Å². The van der Waals surface area contributed by atoms with E-state index < -0.39 is 6.04 Å². The van der Waals surface area contributed by atoms with Crippen molar-refractivity contribution in [3.8, 4) is 5.75 Å². The van der Waals surface area contributed by atoms with Crippen LogP contribution in [0.25, 0.3) is 11.0 Å². The Bertz CT molecular complexity index is 1160. The monoisotopic (exact) mass is 391 g/mol. The molecule has 29 heavy (non-hydrogen) atoms. The van der Waals surface area contributed by atoms with Gasteiger partial charge in [-0.3, -0.25) is 9.59 Å². The number of rotatable bonds is 5. The number of benzene rings is 2. The molecule has 1 N–H and O–H groups in total. The van der Waals surface area contributed by atoms with Gasteiger partial charge in [-0.05, 0) is 55.2 Å². The number of fused-ring (bicyclic) bond motifs is 2. The molecule has 0 radical (unpaired) electrons. The van der Waals surface area contributed by atoms with Crippen LogP contribution in [-0.4, -0.2) is 22.5 Å². The average Bonchev–Trinajstić information content (AvgIpc) is 2.96. The van der Waals surface area contributed by atoms with Crippen LogP contribution in [0.1, 0.15) is 65.0 Å². The van der Waals surface area contributed by atoms with E-state index in [1.807, 2.05) is 32.0 Å². The highest BCUT2D eigenvalue weighted by Crippen LogP contribution is 2.39. The number of nitrogens with zero attached hydrogens (tertiary/aromatic N) is 1. The highest BCUT2D eigenvalue weighted by Gasteiger charge is 2.42. The zero-order chi connectivity index (χ0) is 20.7. The smallest absolute Gasteiger partial charge is 0.290 e. The Labute approximate surface area is 169 Å². The molecule has 2 aromatic carbocycles. The molecule has 0 saturated heterocycles. The van der Waals surface area contributed by atoms with Gasteiger partial charge in [0.25, 0.3) is 5.91 Å². The van der Waals surface area contributed by atoms with E-state index in [1.165, 1.54) is 0 Å². The van der Waals surface area contributed by atoms with Crippen molar-refractivity contribution in [3.63, 3.8) is 0 Å². The Hall–Kier alpha value is -3.08. The Morgan fingerprint density at radius 1 is 1.10 bits per heavy atom. The summed E-state index contributed by atoms with van der Waals surface area (Å²) in [5.74, 6) is -0.0310. The van der Waals surface area contributed by atoms with Crippen LogP contribution in [0.15, 0.2) is 45.6 Å². The van der Waals surface area contributed by atoms with E-state index in [-0.39, 0.29) is 22.8 Å². The third kappa shape index (κ3) is 3.20. The van der Waals surface area contributed by atoms with Gasteiger partial charge in [0.05, 0.1) is 17.0 Å². The van der Waals surface area contributed by atoms with E-state index in [2.05, 4.69) is 6.92 Å². The topological polar surface area (TPSA) is 70.8 Å². The van der Waals surface area contributed by atoms with Gasteiger partial charge in [-0.2, -0.15) is 0 Å². The molecule has 5 heteroatoms. The van der Waals surface area contributed by atoms with Crippen molar-refractivity contribution in [1.82, 2.24) is 4.90 Å². The quantitative estimate of drug-likeness (QED) is 0.631. The fraction of sp³-hybridized carbons (Fsp3) is 0.333. The molecular weight excluding hydrogens is 366 g/mol. The summed E-state index contributed by atoms with van der Waals surface area (Å²) in [7, 11) is 0. The molecule has 1 atom stereocenters. The Kier molecular flexibility index (Phi) is 4.91. The maximum Gasteiger partial charge on any atom is 0.290 e. The first-order chi connectivity index (χ1) is 13.9. The number of hydrogen-bond acceptors (Lipinski definition) is 4. The van der Waals surface area contributed by atoms with Gasteiger partial charge in [-0.25, -0.2) is 0 Å². The minimum absolute atomic E-state index is 0.105. The summed E-state index contributed by atoms with van der Waals surface area (Å²) in [4.78, 5) is 28.5. The molecule has 5 nitrogen and oxygen atoms in total. The molecule has 0 fully saturated rings. The minimum atomic E-state index is -0.553. The second kappa shape index (κ2) is 7.39. The molecule has 0 spiro atoms. The van der Waals surface area contributed by atoms with E-state index >= 15 is 0 Å². The SMILES string of the molecule is CCCCCN1C(=O)c2oc3c(C)cc(C)cc3c(=O)c2C1c1cccc(O)c1. The number of amides is 1. The van der Waals surface area contributed by atoms with E-state index in [4.69, 9.17) is 4.42 Å². The zero-order valence-electron chi connectivity index (χ0n) is 17.0. The summed E-state index contributed by atoms with van der Waals surface area (Å²) in [6.07, 6.45) is 2.87. The Morgan fingerprint density at radius 2 is 1.90 bits per heavy atom. The summed E-state index contributed by atoms with van der Waals surface area (Å²) in [6, 6.07) is 9.98. The van der Waals surface area contributed by atoms with Gasteiger partial charge in [0.2, 0.25) is 5.76 Å². The number of hydrogen-bond donors (Lipinski definition) is 1. The van der Waals surface area contributed by atoms with Gasteiger partial charge >= 0.3 is 0 Å². The number of phenolic OH excluding ortho intramolecular Hbond substituents is 1. The lowest BCUT2D eigenvalue weighted by Crippen LogP contribution is -2.30. The van der Waals surface area contributed by atoms with Gasteiger partial charge in [0.1, 0.15) is 11.3 Å². The number of carbonyl (C=O) groups is 1. The first kappa shape index (κ1) is 19.2. The molecule has 1 aliphatic rings. The number of carbonyl (C=O) groups excluding carboxylic acids is 1. The van der Waals surface area contributed by atoms with E-state index in [0.717, 1.165) is 30.4 Å². The van der Waals surface area contributed by atoms with E-state index in [9.17, 15) is 14.7 Å².